The second-order valence-electron chi connectivity index (χ2n) is 5.43. The molecule has 18 heavy (non-hydrogen) atoms. The number of hydrogen-bond acceptors (Lipinski definition) is 4. The molecular formula is C14H21N3S. The van der Waals surface area contributed by atoms with E-state index in [0.717, 1.165) is 34.6 Å². The van der Waals surface area contributed by atoms with Gasteiger partial charge in [-0.1, -0.05) is 32.6 Å². The Morgan fingerprint density at radius 2 is 2.11 bits per heavy atom. The topological polar surface area (TPSA) is 48.7 Å². The van der Waals surface area contributed by atoms with Gasteiger partial charge in [-0.25, -0.2) is 0 Å². The fraction of sp³-hybridized carbons (Fsp3) is 0.714. The first-order valence-corrected chi connectivity index (χ1v) is 7.58. The minimum Gasteiger partial charge on any atom is -0.375 e. The van der Waals surface area contributed by atoms with Gasteiger partial charge in [0.25, 0.3) is 0 Å². The van der Waals surface area contributed by atoms with E-state index >= 15 is 0 Å². The lowest BCUT2D eigenvalue weighted by molar-refractivity contribution is 0.282. The maximum atomic E-state index is 9.04. The molecular weight excluding hydrogens is 242 g/mol. The highest BCUT2D eigenvalue weighted by molar-refractivity contribution is 7.10. The van der Waals surface area contributed by atoms with Crippen molar-refractivity contribution in [3.8, 4) is 6.07 Å². The van der Waals surface area contributed by atoms with Crippen LogP contribution in [0.2, 0.25) is 0 Å². The van der Waals surface area contributed by atoms with Crippen molar-refractivity contribution in [3.63, 3.8) is 0 Å². The van der Waals surface area contributed by atoms with Gasteiger partial charge in [-0.05, 0) is 36.7 Å². The van der Waals surface area contributed by atoms with Crippen LogP contribution in [0.25, 0.3) is 0 Å². The van der Waals surface area contributed by atoms with E-state index in [2.05, 4.69) is 22.7 Å². The predicted molar refractivity (Wildman–Crippen MR) is 75.8 cm³/mol. The van der Waals surface area contributed by atoms with E-state index in [9.17, 15) is 0 Å². The van der Waals surface area contributed by atoms with Crippen molar-refractivity contribution in [3.05, 3.63) is 11.3 Å². The van der Waals surface area contributed by atoms with Crippen LogP contribution in [-0.2, 0) is 0 Å². The summed E-state index contributed by atoms with van der Waals surface area (Å²) in [6, 6.07) is 2.22. The minimum atomic E-state index is 0.720. The fourth-order valence-electron chi connectivity index (χ4n) is 2.63. The lowest BCUT2D eigenvalue weighted by atomic mass is 9.81. The largest absolute Gasteiger partial charge is 0.375 e. The van der Waals surface area contributed by atoms with E-state index in [1.54, 1.807) is 0 Å². The molecule has 1 aromatic rings. The van der Waals surface area contributed by atoms with Crippen molar-refractivity contribution < 1.29 is 0 Å². The smallest absolute Gasteiger partial charge is 0.127 e. The molecule has 0 spiro atoms. The first kappa shape index (κ1) is 13.4. The van der Waals surface area contributed by atoms with Gasteiger partial charge in [-0.3, -0.25) is 0 Å². The van der Waals surface area contributed by atoms with E-state index in [-0.39, 0.29) is 0 Å². The van der Waals surface area contributed by atoms with E-state index in [4.69, 9.17) is 5.26 Å². The van der Waals surface area contributed by atoms with Crippen molar-refractivity contribution in [2.45, 2.75) is 46.0 Å². The number of aromatic nitrogens is 1. The van der Waals surface area contributed by atoms with Crippen molar-refractivity contribution in [2.75, 3.05) is 11.9 Å². The van der Waals surface area contributed by atoms with Gasteiger partial charge in [-0.2, -0.15) is 9.64 Å². The number of nitrogens with one attached hydrogen (secondary N) is 1. The van der Waals surface area contributed by atoms with Crippen LogP contribution in [-0.4, -0.2) is 10.9 Å². The Morgan fingerprint density at radius 3 is 2.78 bits per heavy atom. The third kappa shape index (κ3) is 3.23. The molecule has 0 bridgehead atoms. The zero-order chi connectivity index (χ0) is 13.0. The highest BCUT2D eigenvalue weighted by Crippen LogP contribution is 2.30. The van der Waals surface area contributed by atoms with Crippen LogP contribution in [0.3, 0.4) is 0 Å². The second-order valence-corrected chi connectivity index (χ2v) is 6.20. The van der Waals surface area contributed by atoms with Gasteiger partial charge in [0.05, 0.1) is 5.69 Å². The number of hydrogen-bond donors (Lipinski definition) is 1. The Balaban J connectivity index is 1.77. The van der Waals surface area contributed by atoms with Gasteiger partial charge in [0.2, 0.25) is 0 Å². The lowest BCUT2D eigenvalue weighted by Gasteiger charge is -2.26. The summed E-state index contributed by atoms with van der Waals surface area (Å²) < 4.78 is 4.22. The number of rotatable bonds is 4. The summed E-state index contributed by atoms with van der Waals surface area (Å²) in [5.41, 5.74) is 1.56. The SMILES string of the molecule is Cc1nsc(NCCC2CCC(C)CC2)c1C#N. The van der Waals surface area contributed by atoms with E-state index < -0.39 is 0 Å². The summed E-state index contributed by atoms with van der Waals surface area (Å²) in [5, 5.41) is 13.4. The normalized spacial score (nSPS) is 23.6. The Bertz CT molecular complexity index is 425. The molecule has 1 saturated carbocycles. The quantitative estimate of drug-likeness (QED) is 0.894. The Hall–Kier alpha value is -1.08. The van der Waals surface area contributed by atoms with Crippen LogP contribution >= 0.6 is 11.5 Å². The maximum Gasteiger partial charge on any atom is 0.127 e. The molecule has 98 valence electrons. The lowest BCUT2D eigenvalue weighted by Crippen LogP contribution is -2.15. The van der Waals surface area contributed by atoms with E-state index in [0.29, 0.717) is 0 Å². The number of anilines is 1. The average Bonchev–Trinajstić information content (AvgIpc) is 2.72. The molecule has 0 aliphatic heterocycles. The molecule has 1 N–H and O–H groups in total. The molecule has 1 aliphatic rings. The molecule has 0 aromatic carbocycles. The summed E-state index contributed by atoms with van der Waals surface area (Å²) in [6.07, 6.45) is 6.72. The minimum absolute atomic E-state index is 0.720. The van der Waals surface area contributed by atoms with Crippen molar-refractivity contribution in [1.82, 2.24) is 4.37 Å². The third-order valence-corrected chi connectivity index (χ3v) is 4.84. The number of nitriles is 1. The summed E-state index contributed by atoms with van der Waals surface area (Å²) in [4.78, 5) is 0. The first-order chi connectivity index (χ1) is 8.70. The molecule has 4 heteroatoms. The highest BCUT2D eigenvalue weighted by atomic mass is 32.1. The maximum absolute atomic E-state index is 9.04. The second kappa shape index (κ2) is 6.19. The Morgan fingerprint density at radius 1 is 1.39 bits per heavy atom. The highest BCUT2D eigenvalue weighted by Gasteiger charge is 2.18. The summed E-state index contributed by atoms with van der Waals surface area (Å²) in [6.45, 7) is 5.21. The molecule has 0 unspecified atom stereocenters. The van der Waals surface area contributed by atoms with Crippen LogP contribution in [0, 0.1) is 30.1 Å². The average molecular weight is 263 g/mol. The summed E-state index contributed by atoms with van der Waals surface area (Å²) >= 11 is 1.40. The standard InChI is InChI=1S/C14H21N3S/c1-10-3-5-12(6-4-10)7-8-16-14-13(9-15)11(2)17-18-14/h10,12,16H,3-8H2,1-2H3. The van der Waals surface area contributed by atoms with Crippen molar-refractivity contribution in [2.24, 2.45) is 11.8 Å². The van der Waals surface area contributed by atoms with Crippen LogP contribution < -0.4 is 5.32 Å². The third-order valence-electron chi connectivity index (χ3n) is 3.95. The van der Waals surface area contributed by atoms with Crippen LogP contribution in [0.5, 0.6) is 0 Å². The first-order valence-electron chi connectivity index (χ1n) is 6.81. The van der Waals surface area contributed by atoms with Crippen molar-refractivity contribution >= 4 is 16.5 Å². The molecule has 0 atom stereocenters. The molecule has 1 aromatic heterocycles. The van der Waals surface area contributed by atoms with Crippen LogP contribution in [0.1, 0.15) is 50.3 Å². The fourth-order valence-corrected chi connectivity index (χ4v) is 3.40. The van der Waals surface area contributed by atoms with Gasteiger partial charge in [0, 0.05) is 6.54 Å². The monoisotopic (exact) mass is 263 g/mol. The van der Waals surface area contributed by atoms with Crippen LogP contribution in [0.4, 0.5) is 5.00 Å². The Labute approximate surface area is 113 Å². The summed E-state index contributed by atoms with van der Waals surface area (Å²) in [5.74, 6) is 1.79. The van der Waals surface area contributed by atoms with Gasteiger partial charge in [0.1, 0.15) is 16.6 Å². The van der Waals surface area contributed by atoms with Crippen LogP contribution in [0.15, 0.2) is 0 Å². The molecule has 2 rings (SSSR count). The molecule has 1 heterocycles. The molecule has 1 fully saturated rings. The van der Waals surface area contributed by atoms with Gasteiger partial charge < -0.3 is 5.32 Å². The zero-order valence-electron chi connectivity index (χ0n) is 11.2. The molecule has 0 radical (unpaired) electrons. The number of aryl methyl sites for hydroxylation is 1. The van der Waals surface area contributed by atoms with Crippen molar-refractivity contribution in [1.29, 1.82) is 5.26 Å². The molecule has 3 nitrogen and oxygen atoms in total. The van der Waals surface area contributed by atoms with E-state index in [1.165, 1.54) is 43.6 Å². The molecule has 0 saturated heterocycles. The number of nitrogens with zero attached hydrogens (tertiary/aromatic N) is 2. The zero-order valence-corrected chi connectivity index (χ0v) is 12.0. The molecule has 1 aliphatic carbocycles. The summed E-state index contributed by atoms with van der Waals surface area (Å²) in [7, 11) is 0. The predicted octanol–water partition coefficient (Wildman–Crippen LogP) is 3.95. The van der Waals surface area contributed by atoms with E-state index in [1.807, 2.05) is 6.92 Å². The molecule has 0 amide bonds. The van der Waals surface area contributed by atoms with Gasteiger partial charge >= 0.3 is 0 Å². The van der Waals surface area contributed by atoms with Gasteiger partial charge in [0.15, 0.2) is 0 Å². The Kier molecular flexibility index (Phi) is 4.60. The van der Waals surface area contributed by atoms with Gasteiger partial charge in [-0.15, -0.1) is 0 Å².